The van der Waals surface area contributed by atoms with Crippen molar-refractivity contribution < 1.29 is 28.9 Å². The van der Waals surface area contributed by atoms with Crippen LogP contribution in [0.25, 0.3) is 0 Å². The van der Waals surface area contributed by atoms with Gasteiger partial charge in [-0.25, -0.2) is 4.79 Å². The summed E-state index contributed by atoms with van der Waals surface area (Å²) in [6.07, 6.45) is 0.634. The van der Waals surface area contributed by atoms with Crippen LogP contribution in [-0.4, -0.2) is 37.3 Å². The number of methoxy groups -OCH3 is 1. The molecule has 2 rings (SSSR count). The Morgan fingerprint density at radius 1 is 1.04 bits per heavy atom. The molecule has 2 aromatic carbocycles. The summed E-state index contributed by atoms with van der Waals surface area (Å²) in [6, 6.07) is 10.7. The van der Waals surface area contributed by atoms with Gasteiger partial charge in [-0.2, -0.15) is 0 Å². The number of hydrogen-bond donors (Lipinski definition) is 2. The SMILES string of the molecule is CCc1ccc(COc2ccc(NCC(C)=O)cc2)c(C(=O)O)c1OCOC. The van der Waals surface area contributed by atoms with Gasteiger partial charge in [0.2, 0.25) is 0 Å². The van der Waals surface area contributed by atoms with Gasteiger partial charge < -0.3 is 24.6 Å². The van der Waals surface area contributed by atoms with E-state index in [0.717, 1.165) is 11.3 Å². The Labute approximate surface area is 164 Å². The van der Waals surface area contributed by atoms with Gasteiger partial charge in [0.05, 0.1) is 6.54 Å². The summed E-state index contributed by atoms with van der Waals surface area (Å²) in [5.41, 5.74) is 2.18. The Morgan fingerprint density at radius 2 is 1.71 bits per heavy atom. The molecule has 0 bridgehead atoms. The van der Waals surface area contributed by atoms with Crippen molar-refractivity contribution in [2.45, 2.75) is 26.9 Å². The quantitative estimate of drug-likeness (QED) is 0.570. The highest BCUT2D eigenvalue weighted by atomic mass is 16.7. The van der Waals surface area contributed by atoms with Crippen molar-refractivity contribution >= 4 is 17.4 Å². The van der Waals surface area contributed by atoms with Gasteiger partial charge in [0, 0.05) is 18.4 Å². The zero-order valence-corrected chi connectivity index (χ0v) is 16.3. The summed E-state index contributed by atoms with van der Waals surface area (Å²) < 4.78 is 16.2. The first-order chi connectivity index (χ1) is 13.5. The van der Waals surface area contributed by atoms with E-state index >= 15 is 0 Å². The first-order valence-electron chi connectivity index (χ1n) is 8.92. The molecule has 0 amide bonds. The number of aryl methyl sites for hydroxylation is 1. The van der Waals surface area contributed by atoms with E-state index in [2.05, 4.69) is 5.32 Å². The number of ether oxygens (including phenoxy) is 3. The second kappa shape index (κ2) is 10.3. The van der Waals surface area contributed by atoms with Gasteiger partial charge in [-0.1, -0.05) is 19.1 Å². The lowest BCUT2D eigenvalue weighted by Crippen LogP contribution is -2.12. The number of benzene rings is 2. The minimum Gasteiger partial charge on any atom is -0.489 e. The molecule has 0 heterocycles. The molecule has 7 heteroatoms. The maximum atomic E-state index is 11.8. The largest absolute Gasteiger partial charge is 0.489 e. The number of carbonyl (C=O) groups is 2. The summed E-state index contributed by atoms with van der Waals surface area (Å²) in [5, 5.41) is 12.7. The second-order valence-corrected chi connectivity index (χ2v) is 6.17. The first kappa shape index (κ1) is 21.2. The number of carbonyl (C=O) groups excluding carboxylic acids is 1. The lowest BCUT2D eigenvalue weighted by molar-refractivity contribution is -0.115. The molecule has 0 atom stereocenters. The Morgan fingerprint density at radius 3 is 2.29 bits per heavy atom. The number of carboxylic acid groups (broad SMARTS) is 1. The monoisotopic (exact) mass is 387 g/mol. The fraction of sp³-hybridized carbons (Fsp3) is 0.333. The van der Waals surface area contributed by atoms with Gasteiger partial charge in [-0.05, 0) is 43.2 Å². The summed E-state index contributed by atoms with van der Waals surface area (Å²) >= 11 is 0. The normalized spacial score (nSPS) is 10.4. The van der Waals surface area contributed by atoms with Crippen molar-refractivity contribution in [1.82, 2.24) is 0 Å². The number of rotatable bonds is 11. The van der Waals surface area contributed by atoms with Crippen LogP contribution in [0.15, 0.2) is 36.4 Å². The lowest BCUT2D eigenvalue weighted by atomic mass is 10.0. The fourth-order valence-corrected chi connectivity index (χ4v) is 2.64. The van der Waals surface area contributed by atoms with Crippen LogP contribution in [0.1, 0.15) is 35.3 Å². The van der Waals surface area contributed by atoms with Crippen molar-refractivity contribution in [3.8, 4) is 11.5 Å². The predicted octanol–water partition coefficient (Wildman–Crippen LogP) is 3.51. The minimum atomic E-state index is -1.08. The fourth-order valence-electron chi connectivity index (χ4n) is 2.64. The van der Waals surface area contributed by atoms with Gasteiger partial charge in [0.15, 0.2) is 6.79 Å². The van der Waals surface area contributed by atoms with Gasteiger partial charge in [-0.15, -0.1) is 0 Å². The summed E-state index contributed by atoms with van der Waals surface area (Å²) in [4.78, 5) is 22.9. The Bertz CT molecular complexity index is 816. The molecule has 0 aliphatic rings. The Hall–Kier alpha value is -3.06. The van der Waals surface area contributed by atoms with Gasteiger partial charge in [0.25, 0.3) is 0 Å². The molecular formula is C21H25NO6. The molecule has 0 unspecified atom stereocenters. The summed E-state index contributed by atoms with van der Waals surface area (Å²) in [7, 11) is 1.48. The maximum Gasteiger partial charge on any atom is 0.339 e. The summed E-state index contributed by atoms with van der Waals surface area (Å²) in [5.74, 6) is -0.141. The molecule has 150 valence electrons. The predicted molar refractivity (Wildman–Crippen MR) is 105 cm³/mol. The minimum absolute atomic E-state index is 0.0354. The molecule has 0 fully saturated rings. The van der Waals surface area contributed by atoms with Crippen LogP contribution in [0.2, 0.25) is 0 Å². The molecule has 28 heavy (non-hydrogen) atoms. The molecule has 2 N–H and O–H groups in total. The van der Waals surface area contributed by atoms with Crippen LogP contribution in [0.5, 0.6) is 11.5 Å². The average Bonchev–Trinajstić information content (AvgIpc) is 2.69. The molecule has 0 radical (unpaired) electrons. The second-order valence-electron chi connectivity index (χ2n) is 6.17. The third-order valence-corrected chi connectivity index (χ3v) is 4.03. The standard InChI is InChI=1S/C21H25NO6/c1-4-15-5-6-16(19(21(24)25)20(15)28-13-26-3)12-27-18-9-7-17(8-10-18)22-11-14(2)23/h5-10,22H,4,11-13H2,1-3H3,(H,24,25). The molecular weight excluding hydrogens is 362 g/mol. The van der Waals surface area contributed by atoms with Crippen molar-refractivity contribution in [2.75, 3.05) is 25.8 Å². The van der Waals surface area contributed by atoms with Gasteiger partial charge in [0.1, 0.15) is 29.5 Å². The van der Waals surface area contributed by atoms with Crippen LogP contribution in [0.3, 0.4) is 0 Å². The number of ketones is 1. The van der Waals surface area contributed by atoms with Crippen LogP contribution < -0.4 is 14.8 Å². The van der Waals surface area contributed by atoms with E-state index in [1.807, 2.05) is 13.0 Å². The molecule has 0 spiro atoms. The molecule has 0 aliphatic heterocycles. The van der Waals surface area contributed by atoms with Crippen LogP contribution in [0.4, 0.5) is 5.69 Å². The number of hydrogen-bond acceptors (Lipinski definition) is 6. The third kappa shape index (κ3) is 5.72. The van der Waals surface area contributed by atoms with E-state index in [0.29, 0.717) is 23.5 Å². The maximum absolute atomic E-state index is 11.8. The highest BCUT2D eigenvalue weighted by molar-refractivity contribution is 5.93. The van der Waals surface area contributed by atoms with E-state index in [1.165, 1.54) is 14.0 Å². The molecule has 0 aromatic heterocycles. The van der Waals surface area contributed by atoms with E-state index in [4.69, 9.17) is 14.2 Å². The van der Waals surface area contributed by atoms with Crippen LogP contribution >= 0.6 is 0 Å². The molecule has 2 aromatic rings. The van der Waals surface area contributed by atoms with Crippen molar-refractivity contribution in [1.29, 1.82) is 0 Å². The van der Waals surface area contributed by atoms with Crippen LogP contribution in [0, 0.1) is 0 Å². The molecule has 0 saturated heterocycles. The Balaban J connectivity index is 2.16. The van der Waals surface area contributed by atoms with Gasteiger partial charge >= 0.3 is 5.97 Å². The topological polar surface area (TPSA) is 94.1 Å². The third-order valence-electron chi connectivity index (χ3n) is 4.03. The number of carboxylic acids is 1. The van der Waals surface area contributed by atoms with Crippen molar-refractivity contribution in [3.05, 3.63) is 53.1 Å². The van der Waals surface area contributed by atoms with E-state index in [1.54, 1.807) is 30.3 Å². The number of Topliss-reactive ketones (excluding diaryl/α,β-unsaturated/α-hetero) is 1. The zero-order chi connectivity index (χ0) is 20.5. The molecule has 0 aliphatic carbocycles. The van der Waals surface area contributed by atoms with E-state index in [9.17, 15) is 14.7 Å². The Kier molecular flexibility index (Phi) is 7.83. The van der Waals surface area contributed by atoms with Crippen molar-refractivity contribution in [2.24, 2.45) is 0 Å². The first-order valence-corrected chi connectivity index (χ1v) is 8.92. The highest BCUT2D eigenvalue weighted by Crippen LogP contribution is 2.29. The zero-order valence-electron chi connectivity index (χ0n) is 16.3. The van der Waals surface area contributed by atoms with E-state index < -0.39 is 5.97 Å². The van der Waals surface area contributed by atoms with E-state index in [-0.39, 0.29) is 31.3 Å². The van der Waals surface area contributed by atoms with Gasteiger partial charge in [-0.3, -0.25) is 4.79 Å². The smallest absolute Gasteiger partial charge is 0.339 e. The number of nitrogens with one attached hydrogen (secondary N) is 1. The number of anilines is 1. The molecule has 0 saturated carbocycles. The van der Waals surface area contributed by atoms with Crippen molar-refractivity contribution in [3.63, 3.8) is 0 Å². The average molecular weight is 387 g/mol. The molecule has 7 nitrogen and oxygen atoms in total. The number of aromatic carboxylic acids is 1. The van der Waals surface area contributed by atoms with Crippen LogP contribution in [-0.2, 0) is 22.6 Å². The summed E-state index contributed by atoms with van der Waals surface area (Å²) in [6.45, 7) is 3.75. The lowest BCUT2D eigenvalue weighted by Gasteiger charge is -2.16. The highest BCUT2D eigenvalue weighted by Gasteiger charge is 2.20.